The average Bonchev–Trinajstić information content (AvgIpc) is 3.34. The molecule has 1 fully saturated rings. The number of ether oxygens (including phenoxy) is 1. The van der Waals surface area contributed by atoms with Gasteiger partial charge in [-0.15, -0.1) is 0 Å². The van der Waals surface area contributed by atoms with E-state index in [1.807, 2.05) is 54.6 Å². The van der Waals surface area contributed by atoms with Crippen LogP contribution in [0.15, 0.2) is 77.3 Å². The maximum atomic E-state index is 12.8. The number of carbonyl (C=O) groups excluding carboxylic acids is 1. The van der Waals surface area contributed by atoms with Crippen molar-refractivity contribution in [3.63, 3.8) is 0 Å². The number of phenols is 1. The van der Waals surface area contributed by atoms with Crippen molar-refractivity contribution < 1.29 is 34.8 Å². The van der Waals surface area contributed by atoms with Gasteiger partial charge in [0.05, 0.1) is 30.7 Å². The maximum Gasteiger partial charge on any atom is 0.339 e. The van der Waals surface area contributed by atoms with Gasteiger partial charge in [-0.25, -0.2) is 9.80 Å². The van der Waals surface area contributed by atoms with E-state index in [9.17, 15) is 19.8 Å². The number of morpholine rings is 1. The summed E-state index contributed by atoms with van der Waals surface area (Å²) in [6.07, 6.45) is 1.66. The van der Waals surface area contributed by atoms with Crippen LogP contribution in [0.1, 0.15) is 15.9 Å². The third-order valence-electron chi connectivity index (χ3n) is 6.80. The first kappa shape index (κ1) is 27.6. The summed E-state index contributed by atoms with van der Waals surface area (Å²) in [6.45, 7) is 3.02. The lowest BCUT2D eigenvalue weighted by atomic mass is 10.0. The Hall–Kier alpha value is -5.00. The van der Waals surface area contributed by atoms with Gasteiger partial charge in [-0.05, 0) is 30.3 Å². The Morgan fingerprint density at radius 1 is 1.07 bits per heavy atom. The number of hydrogen-bond donors (Lipinski definition) is 5. The van der Waals surface area contributed by atoms with Crippen LogP contribution in [0.2, 0.25) is 0 Å². The van der Waals surface area contributed by atoms with Crippen molar-refractivity contribution in [2.24, 2.45) is 0 Å². The lowest BCUT2D eigenvalue weighted by Gasteiger charge is -2.28. The number of quaternary nitrogens is 1. The lowest BCUT2D eigenvalue weighted by molar-refractivity contribution is -0.551. The number of carbonyl (C=O) groups is 2. The zero-order valence-electron chi connectivity index (χ0n) is 22.6. The van der Waals surface area contributed by atoms with Crippen LogP contribution in [-0.4, -0.2) is 67.0 Å². The molecule has 7 N–H and O–H groups in total. The molecule has 41 heavy (non-hydrogen) atoms. The predicted octanol–water partition coefficient (Wildman–Crippen LogP) is 2.96. The van der Waals surface area contributed by atoms with Gasteiger partial charge >= 0.3 is 5.97 Å². The number of amides is 1. The Balaban J connectivity index is 1.39. The molecule has 2 heterocycles. The van der Waals surface area contributed by atoms with Gasteiger partial charge in [0, 0.05) is 48.5 Å². The van der Waals surface area contributed by atoms with Gasteiger partial charge < -0.3 is 34.9 Å². The van der Waals surface area contributed by atoms with Crippen molar-refractivity contribution in [3.05, 3.63) is 84.1 Å². The highest BCUT2D eigenvalue weighted by Crippen LogP contribution is 2.39. The van der Waals surface area contributed by atoms with Crippen molar-refractivity contribution in [3.8, 4) is 17.1 Å². The molecular weight excluding hydrogens is 526 g/mol. The van der Waals surface area contributed by atoms with Crippen LogP contribution in [0, 0.1) is 0 Å². The van der Waals surface area contributed by atoms with Crippen LogP contribution in [0.3, 0.4) is 0 Å². The smallest absolute Gasteiger partial charge is 0.339 e. The van der Waals surface area contributed by atoms with Crippen LogP contribution in [-0.2, 0) is 9.53 Å². The van der Waals surface area contributed by atoms with E-state index < -0.39 is 11.7 Å². The van der Waals surface area contributed by atoms with Crippen molar-refractivity contribution in [2.45, 2.75) is 0 Å². The van der Waals surface area contributed by atoms with Crippen LogP contribution >= 0.6 is 0 Å². The molecule has 4 aromatic rings. The number of carboxylic acid groups (broad SMARTS) is 1. The summed E-state index contributed by atoms with van der Waals surface area (Å²) < 4.78 is 11.5. The standard InChI is InChI=1S/C30H31N5O6/c1-32-24(17-35(31)18-27(37)33-20-7-9-21(10-8-20)34-11-13-40-14-12-34)28-23-15-22(30(38)39)25(36)16-26(23)41-29(28)19-5-3-2-4-6-19/h2-10,15-17,32,36H,11-14,18,31H2,1H3,(H,33,37)(H,38,39)/p+1/b24-17-. The topological polar surface area (TPSA) is 155 Å². The first-order valence-corrected chi connectivity index (χ1v) is 13.1. The number of anilines is 2. The molecule has 0 aliphatic carbocycles. The zero-order chi connectivity index (χ0) is 28.9. The largest absolute Gasteiger partial charge is 0.507 e. The summed E-state index contributed by atoms with van der Waals surface area (Å²) in [6, 6.07) is 19.7. The van der Waals surface area contributed by atoms with Gasteiger partial charge in [0.15, 0.2) is 0 Å². The van der Waals surface area contributed by atoms with Crippen LogP contribution < -0.4 is 21.4 Å². The van der Waals surface area contributed by atoms with E-state index in [-0.39, 0.29) is 18.0 Å². The van der Waals surface area contributed by atoms with Gasteiger partial charge in [-0.1, -0.05) is 30.3 Å². The third-order valence-corrected chi connectivity index (χ3v) is 6.80. The first-order valence-electron chi connectivity index (χ1n) is 13.1. The minimum atomic E-state index is -1.26. The minimum Gasteiger partial charge on any atom is -0.507 e. The van der Waals surface area contributed by atoms with Gasteiger partial charge in [-0.2, -0.15) is 0 Å². The molecule has 0 unspecified atom stereocenters. The molecule has 1 aliphatic rings. The van der Waals surface area contributed by atoms with Crippen LogP contribution in [0.4, 0.5) is 11.4 Å². The molecule has 1 aliphatic heterocycles. The maximum absolute atomic E-state index is 12.8. The molecule has 1 saturated heterocycles. The Morgan fingerprint density at radius 3 is 2.44 bits per heavy atom. The number of benzene rings is 3. The highest BCUT2D eigenvalue weighted by atomic mass is 16.5. The number of nitrogens with one attached hydrogen (secondary N) is 2. The van der Waals surface area contributed by atoms with Gasteiger partial charge in [0.25, 0.3) is 0 Å². The molecular formula is C30H32N5O6+. The van der Waals surface area contributed by atoms with E-state index in [2.05, 4.69) is 21.4 Å². The molecule has 1 aromatic heterocycles. The number of aromatic hydroxyl groups is 1. The zero-order valence-corrected chi connectivity index (χ0v) is 22.6. The Bertz CT molecular complexity index is 1580. The Labute approximate surface area is 236 Å². The fraction of sp³-hybridized carbons (Fsp3) is 0.200. The highest BCUT2D eigenvalue weighted by molar-refractivity contribution is 6.03. The lowest BCUT2D eigenvalue weighted by Crippen LogP contribution is -2.66. The first-order chi connectivity index (χ1) is 19.8. The molecule has 0 bridgehead atoms. The van der Waals surface area contributed by atoms with E-state index in [4.69, 9.17) is 9.15 Å². The van der Waals surface area contributed by atoms with Crippen molar-refractivity contribution >= 4 is 39.9 Å². The third kappa shape index (κ3) is 6.11. The van der Waals surface area contributed by atoms with Crippen LogP contribution in [0.25, 0.3) is 28.0 Å². The summed E-state index contributed by atoms with van der Waals surface area (Å²) in [5.74, 6) is 2.56. The number of nitrogens with zero attached hydrogens (tertiary/aromatic N) is 2. The number of carboxylic acids is 1. The van der Waals surface area contributed by atoms with Gasteiger partial charge in [0.2, 0.25) is 5.91 Å². The fourth-order valence-corrected chi connectivity index (χ4v) is 4.81. The summed E-state index contributed by atoms with van der Waals surface area (Å²) in [5, 5.41) is 27.8. The summed E-state index contributed by atoms with van der Waals surface area (Å²) in [4.78, 5) is 26.8. The summed E-state index contributed by atoms with van der Waals surface area (Å²) >= 11 is 0. The number of furan rings is 1. The molecule has 11 nitrogen and oxygen atoms in total. The fourth-order valence-electron chi connectivity index (χ4n) is 4.81. The number of fused-ring (bicyclic) bond motifs is 1. The molecule has 0 saturated carbocycles. The number of hydrogen-bond acceptors (Lipinski definition) is 8. The van der Waals surface area contributed by atoms with Gasteiger partial charge in [-0.3, -0.25) is 10.6 Å². The second kappa shape index (κ2) is 12.0. The SMILES string of the molecule is CN/C(=C\N([NH3+])CC(=O)Nc1ccc(N2CCOCC2)cc1)c1c(-c2ccccc2)oc2cc(O)c(C(=O)O)cc12. The molecule has 5 rings (SSSR count). The van der Waals surface area contributed by atoms with Crippen LogP contribution in [0.5, 0.6) is 5.75 Å². The second-order valence-electron chi connectivity index (χ2n) is 9.58. The molecule has 0 spiro atoms. The number of aromatic carboxylic acids is 1. The summed E-state index contributed by atoms with van der Waals surface area (Å²) in [5.41, 5.74) is 3.69. The van der Waals surface area contributed by atoms with Crippen molar-refractivity contribution in [2.75, 3.05) is 50.1 Å². The molecule has 212 valence electrons. The monoisotopic (exact) mass is 558 g/mol. The van der Waals surface area contributed by atoms with E-state index in [1.54, 1.807) is 13.2 Å². The normalized spacial score (nSPS) is 13.7. The predicted molar refractivity (Wildman–Crippen MR) is 155 cm³/mol. The van der Waals surface area contributed by atoms with E-state index in [0.29, 0.717) is 46.9 Å². The molecule has 1 amide bonds. The average molecular weight is 559 g/mol. The van der Waals surface area contributed by atoms with E-state index >= 15 is 0 Å². The van der Waals surface area contributed by atoms with Gasteiger partial charge in [0.1, 0.15) is 29.2 Å². The minimum absolute atomic E-state index is 0.0476. The summed E-state index contributed by atoms with van der Waals surface area (Å²) in [7, 11) is 1.71. The molecule has 0 radical (unpaired) electrons. The van der Waals surface area contributed by atoms with Crippen molar-refractivity contribution in [1.29, 1.82) is 0 Å². The Morgan fingerprint density at radius 2 is 1.78 bits per heavy atom. The molecule has 11 heteroatoms. The van der Waals surface area contributed by atoms with E-state index in [1.165, 1.54) is 17.1 Å². The number of rotatable bonds is 9. The van der Waals surface area contributed by atoms with Crippen molar-refractivity contribution in [1.82, 2.24) is 10.3 Å². The Kier molecular flexibility index (Phi) is 8.09. The van der Waals surface area contributed by atoms with E-state index in [0.717, 1.165) is 24.3 Å². The quantitative estimate of drug-likeness (QED) is 0.195. The second-order valence-corrected chi connectivity index (χ2v) is 9.58. The molecule has 0 atom stereocenters. The molecule has 3 aromatic carbocycles. The highest BCUT2D eigenvalue weighted by Gasteiger charge is 2.23.